The first-order valence-corrected chi connectivity index (χ1v) is 9.38. The van der Waals surface area contributed by atoms with Crippen LogP contribution >= 0.6 is 0 Å². The molecule has 2 aromatic heterocycles. The van der Waals surface area contributed by atoms with Gasteiger partial charge in [0.25, 0.3) is 0 Å². The minimum absolute atomic E-state index is 0.192. The van der Waals surface area contributed by atoms with Crippen molar-refractivity contribution in [1.29, 1.82) is 0 Å². The van der Waals surface area contributed by atoms with Crippen LogP contribution in [0.3, 0.4) is 0 Å². The first kappa shape index (κ1) is 21.5. The first-order valence-electron chi connectivity index (χ1n) is 9.38. The van der Waals surface area contributed by atoms with Crippen molar-refractivity contribution in [3.8, 4) is 5.69 Å². The van der Waals surface area contributed by atoms with Crippen LogP contribution in [0.4, 0.5) is 5.69 Å². The van der Waals surface area contributed by atoms with Gasteiger partial charge in [-0.25, -0.2) is 9.59 Å². The van der Waals surface area contributed by atoms with E-state index < -0.39 is 27.8 Å². The lowest BCUT2D eigenvalue weighted by molar-refractivity contribution is -0.386. The Balaban J connectivity index is 1.98. The Morgan fingerprint density at radius 3 is 2.45 bits per heavy atom. The zero-order valence-electron chi connectivity index (χ0n) is 17.1. The van der Waals surface area contributed by atoms with Crippen molar-refractivity contribution < 1.29 is 14.5 Å². The summed E-state index contributed by atoms with van der Waals surface area (Å²) in [7, 11) is 0. The molecule has 0 radical (unpaired) electrons. The molecule has 3 aromatic rings. The Morgan fingerprint density at radius 1 is 1.16 bits per heavy atom. The number of rotatable bonds is 6. The Labute approximate surface area is 176 Å². The molecule has 3 rings (SSSR count). The SMILES string of the molecule is CCOC(=O)c1ccc(-n2c(C)cc(C=Cc3[nH]c(=O)[nH]c(=O)c3[N+](=O)[O-])c2C)cc1. The minimum Gasteiger partial charge on any atom is -0.462 e. The molecule has 2 heterocycles. The zero-order valence-corrected chi connectivity index (χ0v) is 17.1. The molecule has 10 nitrogen and oxygen atoms in total. The highest BCUT2D eigenvalue weighted by Crippen LogP contribution is 2.23. The highest BCUT2D eigenvalue weighted by molar-refractivity contribution is 5.89. The molecule has 0 saturated carbocycles. The normalized spacial score (nSPS) is 11.1. The van der Waals surface area contributed by atoms with E-state index >= 15 is 0 Å². The second-order valence-electron chi connectivity index (χ2n) is 6.69. The van der Waals surface area contributed by atoms with Gasteiger partial charge in [0.2, 0.25) is 0 Å². The van der Waals surface area contributed by atoms with Gasteiger partial charge in [-0.2, -0.15) is 0 Å². The van der Waals surface area contributed by atoms with E-state index in [2.05, 4.69) is 4.98 Å². The third kappa shape index (κ3) is 4.37. The van der Waals surface area contributed by atoms with Crippen LogP contribution in [-0.2, 0) is 4.74 Å². The standard InChI is InChI=1S/C21H20N4O6/c1-4-31-20(27)14-5-8-16(9-6-14)24-12(2)11-15(13(24)3)7-10-17-18(25(29)30)19(26)23-21(28)22-17/h5-11H,4H2,1-3H3,(H2,22,23,26,28). The molecule has 0 spiro atoms. The van der Waals surface area contributed by atoms with Gasteiger partial charge in [-0.1, -0.05) is 6.08 Å². The van der Waals surface area contributed by atoms with E-state index in [4.69, 9.17) is 4.74 Å². The van der Waals surface area contributed by atoms with Crippen LogP contribution in [0, 0.1) is 24.0 Å². The number of nitrogens with one attached hydrogen (secondary N) is 2. The Hall–Kier alpha value is -4.21. The number of carbonyl (C=O) groups is 1. The highest BCUT2D eigenvalue weighted by atomic mass is 16.6. The number of nitro groups is 1. The largest absolute Gasteiger partial charge is 0.462 e. The second-order valence-corrected chi connectivity index (χ2v) is 6.69. The summed E-state index contributed by atoms with van der Waals surface area (Å²) in [5.74, 6) is -0.396. The van der Waals surface area contributed by atoms with Gasteiger partial charge in [0.1, 0.15) is 5.69 Å². The fourth-order valence-corrected chi connectivity index (χ4v) is 3.29. The summed E-state index contributed by atoms with van der Waals surface area (Å²) in [5.41, 5.74) is 0.881. The van der Waals surface area contributed by atoms with Crippen molar-refractivity contribution in [1.82, 2.24) is 14.5 Å². The maximum absolute atomic E-state index is 11.8. The van der Waals surface area contributed by atoms with Crippen molar-refractivity contribution in [2.75, 3.05) is 6.61 Å². The van der Waals surface area contributed by atoms with Crippen LogP contribution < -0.4 is 11.2 Å². The number of hydrogen-bond donors (Lipinski definition) is 2. The molecule has 0 unspecified atom stereocenters. The summed E-state index contributed by atoms with van der Waals surface area (Å²) < 4.78 is 6.94. The minimum atomic E-state index is -1.07. The number of hydrogen-bond acceptors (Lipinski definition) is 6. The van der Waals surface area contributed by atoms with Crippen molar-refractivity contribution in [3.05, 3.63) is 89.5 Å². The predicted molar refractivity (Wildman–Crippen MR) is 114 cm³/mol. The highest BCUT2D eigenvalue weighted by Gasteiger charge is 2.19. The van der Waals surface area contributed by atoms with Crippen LogP contribution in [0.5, 0.6) is 0 Å². The number of carbonyl (C=O) groups excluding carboxylic acids is 1. The predicted octanol–water partition coefficient (Wildman–Crippen LogP) is 2.73. The quantitative estimate of drug-likeness (QED) is 0.354. The van der Waals surface area contributed by atoms with Crippen molar-refractivity contribution in [3.63, 3.8) is 0 Å². The number of ether oxygens (including phenoxy) is 1. The summed E-state index contributed by atoms with van der Waals surface area (Å²) >= 11 is 0. The van der Waals surface area contributed by atoms with E-state index in [1.54, 1.807) is 37.3 Å². The molecule has 10 heteroatoms. The van der Waals surface area contributed by atoms with E-state index in [1.165, 1.54) is 6.08 Å². The number of nitrogens with zero attached hydrogens (tertiary/aromatic N) is 2. The van der Waals surface area contributed by atoms with E-state index in [-0.39, 0.29) is 5.69 Å². The number of H-pyrrole nitrogens is 2. The van der Waals surface area contributed by atoms with Gasteiger partial charge in [-0.05, 0) is 62.7 Å². The van der Waals surface area contributed by atoms with E-state index in [0.29, 0.717) is 12.2 Å². The zero-order chi connectivity index (χ0) is 22.7. The lowest BCUT2D eigenvalue weighted by Gasteiger charge is -2.10. The lowest BCUT2D eigenvalue weighted by Crippen LogP contribution is -2.25. The van der Waals surface area contributed by atoms with Crippen LogP contribution in [-0.4, -0.2) is 32.0 Å². The molecule has 1 aromatic carbocycles. The van der Waals surface area contributed by atoms with Crippen LogP contribution in [0.25, 0.3) is 17.8 Å². The third-order valence-electron chi connectivity index (χ3n) is 4.66. The fourth-order valence-electron chi connectivity index (χ4n) is 3.29. The monoisotopic (exact) mass is 424 g/mol. The molecule has 31 heavy (non-hydrogen) atoms. The third-order valence-corrected chi connectivity index (χ3v) is 4.66. The Morgan fingerprint density at radius 2 is 1.84 bits per heavy atom. The molecule has 0 atom stereocenters. The molecule has 0 aliphatic carbocycles. The molecule has 0 amide bonds. The van der Waals surface area contributed by atoms with E-state index in [1.807, 2.05) is 29.5 Å². The van der Waals surface area contributed by atoms with Gasteiger partial charge in [0, 0.05) is 17.1 Å². The van der Waals surface area contributed by atoms with Gasteiger partial charge in [-0.15, -0.1) is 0 Å². The average molecular weight is 424 g/mol. The molecule has 0 bridgehead atoms. The molecular weight excluding hydrogens is 404 g/mol. The lowest BCUT2D eigenvalue weighted by atomic mass is 10.2. The number of aryl methyl sites for hydroxylation is 1. The van der Waals surface area contributed by atoms with Gasteiger partial charge < -0.3 is 14.3 Å². The summed E-state index contributed by atoms with van der Waals surface area (Å²) in [6, 6.07) is 8.79. The van der Waals surface area contributed by atoms with Crippen LogP contribution in [0.2, 0.25) is 0 Å². The molecule has 0 fully saturated rings. The van der Waals surface area contributed by atoms with Crippen molar-refractivity contribution >= 4 is 23.8 Å². The molecule has 0 saturated heterocycles. The summed E-state index contributed by atoms with van der Waals surface area (Å²) in [6.45, 7) is 5.79. The van der Waals surface area contributed by atoms with Crippen molar-refractivity contribution in [2.45, 2.75) is 20.8 Å². The van der Waals surface area contributed by atoms with Crippen molar-refractivity contribution in [2.24, 2.45) is 0 Å². The van der Waals surface area contributed by atoms with Gasteiger partial charge in [-0.3, -0.25) is 19.9 Å². The van der Waals surface area contributed by atoms with Gasteiger partial charge in [0.05, 0.1) is 17.1 Å². The molecule has 2 N–H and O–H groups in total. The maximum atomic E-state index is 11.8. The summed E-state index contributed by atoms with van der Waals surface area (Å²) in [4.78, 5) is 49.6. The Bertz CT molecular complexity index is 1290. The van der Waals surface area contributed by atoms with E-state index in [9.17, 15) is 24.5 Å². The van der Waals surface area contributed by atoms with Crippen LogP contribution in [0.1, 0.15) is 39.9 Å². The maximum Gasteiger partial charge on any atom is 0.357 e. The van der Waals surface area contributed by atoms with Crippen LogP contribution in [0.15, 0.2) is 39.9 Å². The molecule has 160 valence electrons. The summed E-state index contributed by atoms with van der Waals surface area (Å²) in [6.07, 6.45) is 2.91. The second kappa shape index (κ2) is 8.66. The molecule has 0 aliphatic heterocycles. The first-order chi connectivity index (χ1) is 14.7. The Kier molecular flexibility index (Phi) is 6.00. The van der Waals surface area contributed by atoms with E-state index in [0.717, 1.165) is 22.6 Å². The molecular formula is C21H20N4O6. The van der Waals surface area contributed by atoms with Gasteiger partial charge >= 0.3 is 22.9 Å². The number of aromatic amines is 2. The smallest absolute Gasteiger partial charge is 0.357 e. The van der Waals surface area contributed by atoms with Gasteiger partial charge in [0.15, 0.2) is 0 Å². The average Bonchev–Trinajstić information content (AvgIpc) is 2.99. The topological polar surface area (TPSA) is 140 Å². The molecule has 0 aliphatic rings. The number of aromatic nitrogens is 3. The number of esters is 1. The number of benzene rings is 1. The fraction of sp³-hybridized carbons (Fsp3) is 0.190. The summed E-state index contributed by atoms with van der Waals surface area (Å²) in [5, 5.41) is 11.2.